The van der Waals surface area contributed by atoms with Gasteiger partial charge in [-0.1, -0.05) is 38.1 Å². The van der Waals surface area contributed by atoms with E-state index in [9.17, 15) is 0 Å². The minimum Gasteiger partial charge on any atom is -0.328 e. The summed E-state index contributed by atoms with van der Waals surface area (Å²) in [7, 11) is 0. The van der Waals surface area contributed by atoms with E-state index in [-0.39, 0.29) is 0 Å². The number of rotatable bonds is 4. The molecule has 1 aliphatic heterocycles. The van der Waals surface area contributed by atoms with Gasteiger partial charge >= 0.3 is 0 Å². The summed E-state index contributed by atoms with van der Waals surface area (Å²) in [5.41, 5.74) is 8.87. The number of likely N-dealkylation sites (tertiary alicyclic amines) is 1. The van der Waals surface area contributed by atoms with Crippen LogP contribution in [0.2, 0.25) is 0 Å². The molecule has 1 heterocycles. The molecule has 0 aliphatic carbocycles. The summed E-state index contributed by atoms with van der Waals surface area (Å²) >= 11 is 0. The van der Waals surface area contributed by atoms with Crippen molar-refractivity contribution in [1.82, 2.24) is 4.90 Å². The quantitative estimate of drug-likeness (QED) is 0.897. The Balaban J connectivity index is 2.02. The predicted molar refractivity (Wildman–Crippen MR) is 82.3 cm³/mol. The number of nitrogens with two attached hydrogens (primary N) is 1. The van der Waals surface area contributed by atoms with Crippen molar-refractivity contribution in [2.75, 3.05) is 13.1 Å². The number of benzene rings is 1. The molecule has 2 heteroatoms. The highest BCUT2D eigenvalue weighted by Crippen LogP contribution is 2.29. The van der Waals surface area contributed by atoms with Crippen molar-refractivity contribution in [2.45, 2.75) is 52.1 Å². The van der Waals surface area contributed by atoms with Gasteiger partial charge in [0.25, 0.3) is 0 Å². The van der Waals surface area contributed by atoms with E-state index in [1.54, 1.807) is 0 Å². The Morgan fingerprint density at radius 3 is 2.11 bits per heavy atom. The number of hydrogen-bond donors (Lipinski definition) is 1. The van der Waals surface area contributed by atoms with Crippen LogP contribution in [0.15, 0.2) is 24.3 Å². The largest absolute Gasteiger partial charge is 0.328 e. The average molecular weight is 260 g/mol. The highest BCUT2D eigenvalue weighted by Gasteiger charge is 2.28. The van der Waals surface area contributed by atoms with Gasteiger partial charge in [-0.05, 0) is 49.8 Å². The molecule has 2 nitrogen and oxygen atoms in total. The third kappa shape index (κ3) is 3.37. The normalized spacial score (nSPS) is 23.8. The minimum atomic E-state index is 0.320. The maximum atomic E-state index is 6.03. The van der Waals surface area contributed by atoms with Crippen molar-refractivity contribution in [1.29, 1.82) is 0 Å². The van der Waals surface area contributed by atoms with Crippen LogP contribution in [-0.2, 0) is 0 Å². The van der Waals surface area contributed by atoms with Crippen LogP contribution in [0.1, 0.15) is 57.2 Å². The van der Waals surface area contributed by atoms with Crippen LogP contribution >= 0.6 is 0 Å². The van der Waals surface area contributed by atoms with Crippen LogP contribution < -0.4 is 5.73 Å². The Morgan fingerprint density at radius 1 is 1.05 bits per heavy atom. The van der Waals surface area contributed by atoms with E-state index in [2.05, 4.69) is 56.9 Å². The Kier molecular flexibility index (Phi) is 4.64. The molecule has 19 heavy (non-hydrogen) atoms. The molecule has 2 N–H and O–H groups in total. The maximum absolute atomic E-state index is 6.03. The monoisotopic (exact) mass is 260 g/mol. The molecule has 1 aliphatic rings. The molecule has 1 saturated heterocycles. The van der Waals surface area contributed by atoms with Crippen LogP contribution in [-0.4, -0.2) is 24.0 Å². The summed E-state index contributed by atoms with van der Waals surface area (Å²) < 4.78 is 0. The number of hydrogen-bond acceptors (Lipinski definition) is 2. The predicted octanol–water partition coefficient (Wildman–Crippen LogP) is 3.54. The third-order valence-electron chi connectivity index (χ3n) is 4.63. The van der Waals surface area contributed by atoms with Crippen LogP contribution in [0.25, 0.3) is 0 Å². The van der Waals surface area contributed by atoms with Gasteiger partial charge in [-0.3, -0.25) is 4.90 Å². The minimum absolute atomic E-state index is 0.320. The fourth-order valence-electron chi connectivity index (χ4n) is 2.97. The summed E-state index contributed by atoms with van der Waals surface area (Å²) in [6.45, 7) is 11.3. The zero-order valence-electron chi connectivity index (χ0n) is 12.8. The fourth-order valence-corrected chi connectivity index (χ4v) is 2.97. The first-order valence-corrected chi connectivity index (χ1v) is 7.58. The standard InChI is InChI=1S/C17H28N2/c1-12(2)15-5-7-16(8-6-15)14(4)19-10-9-17(11-19)13(3)18/h5-8,12-14,17H,9-11,18H2,1-4H3. The van der Waals surface area contributed by atoms with E-state index < -0.39 is 0 Å². The van der Waals surface area contributed by atoms with Gasteiger partial charge in [0.15, 0.2) is 0 Å². The van der Waals surface area contributed by atoms with Gasteiger partial charge in [-0.2, -0.15) is 0 Å². The molecule has 106 valence electrons. The zero-order chi connectivity index (χ0) is 14.0. The zero-order valence-corrected chi connectivity index (χ0v) is 12.8. The summed E-state index contributed by atoms with van der Waals surface area (Å²) in [5, 5.41) is 0. The molecule has 1 fully saturated rings. The Bertz CT molecular complexity index is 394. The van der Waals surface area contributed by atoms with Gasteiger partial charge < -0.3 is 5.73 Å². The van der Waals surface area contributed by atoms with Crippen LogP contribution in [0.3, 0.4) is 0 Å². The van der Waals surface area contributed by atoms with Crippen molar-refractivity contribution < 1.29 is 0 Å². The molecule has 0 spiro atoms. The van der Waals surface area contributed by atoms with E-state index in [4.69, 9.17) is 5.73 Å². The van der Waals surface area contributed by atoms with Crippen LogP contribution in [0, 0.1) is 5.92 Å². The lowest BCUT2D eigenvalue weighted by molar-refractivity contribution is 0.248. The van der Waals surface area contributed by atoms with Crippen LogP contribution in [0.5, 0.6) is 0 Å². The lowest BCUT2D eigenvalue weighted by Crippen LogP contribution is -2.30. The highest BCUT2D eigenvalue weighted by atomic mass is 15.2. The maximum Gasteiger partial charge on any atom is 0.0320 e. The lowest BCUT2D eigenvalue weighted by Gasteiger charge is -2.25. The van der Waals surface area contributed by atoms with Gasteiger partial charge in [0.1, 0.15) is 0 Å². The first-order valence-electron chi connectivity index (χ1n) is 7.58. The molecule has 1 aromatic rings. The van der Waals surface area contributed by atoms with Gasteiger partial charge in [0, 0.05) is 18.6 Å². The average Bonchev–Trinajstić information content (AvgIpc) is 2.87. The molecular formula is C17H28N2. The molecule has 0 saturated carbocycles. The van der Waals surface area contributed by atoms with Crippen molar-refractivity contribution in [3.63, 3.8) is 0 Å². The van der Waals surface area contributed by atoms with E-state index in [1.165, 1.54) is 24.1 Å². The smallest absolute Gasteiger partial charge is 0.0320 e. The van der Waals surface area contributed by atoms with Gasteiger partial charge in [-0.15, -0.1) is 0 Å². The molecule has 0 amide bonds. The van der Waals surface area contributed by atoms with E-state index >= 15 is 0 Å². The summed E-state index contributed by atoms with van der Waals surface area (Å²) in [5.74, 6) is 1.27. The Morgan fingerprint density at radius 2 is 1.63 bits per heavy atom. The van der Waals surface area contributed by atoms with Crippen molar-refractivity contribution in [2.24, 2.45) is 11.7 Å². The summed E-state index contributed by atoms with van der Waals surface area (Å²) in [6.07, 6.45) is 1.24. The molecule has 0 radical (unpaired) electrons. The summed E-state index contributed by atoms with van der Waals surface area (Å²) in [6, 6.07) is 9.95. The molecule has 3 unspecified atom stereocenters. The first kappa shape index (κ1) is 14.5. The van der Waals surface area contributed by atoms with E-state index in [0.29, 0.717) is 23.9 Å². The topological polar surface area (TPSA) is 29.3 Å². The SMILES string of the molecule is CC(C)c1ccc(C(C)N2CCC(C(C)N)C2)cc1. The molecule has 0 bridgehead atoms. The first-order chi connectivity index (χ1) is 8.99. The molecule has 0 aromatic heterocycles. The molecule has 3 atom stereocenters. The molecule has 2 rings (SSSR count). The van der Waals surface area contributed by atoms with Crippen LogP contribution in [0.4, 0.5) is 0 Å². The third-order valence-corrected chi connectivity index (χ3v) is 4.63. The van der Waals surface area contributed by atoms with E-state index in [1.807, 2.05) is 0 Å². The molecule has 1 aromatic carbocycles. The van der Waals surface area contributed by atoms with Crippen molar-refractivity contribution in [3.8, 4) is 0 Å². The second-order valence-corrected chi connectivity index (χ2v) is 6.40. The van der Waals surface area contributed by atoms with Crippen molar-refractivity contribution >= 4 is 0 Å². The van der Waals surface area contributed by atoms with Crippen molar-refractivity contribution in [3.05, 3.63) is 35.4 Å². The number of nitrogens with zero attached hydrogens (tertiary/aromatic N) is 1. The second-order valence-electron chi connectivity index (χ2n) is 6.40. The Labute approximate surface area is 118 Å². The van der Waals surface area contributed by atoms with E-state index in [0.717, 1.165) is 6.54 Å². The fraction of sp³-hybridized carbons (Fsp3) is 0.647. The van der Waals surface area contributed by atoms with Gasteiger partial charge in [0.05, 0.1) is 0 Å². The highest BCUT2D eigenvalue weighted by molar-refractivity contribution is 5.26. The second kappa shape index (κ2) is 6.06. The summed E-state index contributed by atoms with van der Waals surface area (Å²) in [4.78, 5) is 2.57. The van der Waals surface area contributed by atoms with Gasteiger partial charge in [-0.25, -0.2) is 0 Å². The molecular weight excluding hydrogens is 232 g/mol. The Hall–Kier alpha value is -0.860. The van der Waals surface area contributed by atoms with Gasteiger partial charge in [0.2, 0.25) is 0 Å². The lowest BCUT2D eigenvalue weighted by atomic mass is 9.99.